The molecule has 6 nitrogen and oxygen atoms in total. The Bertz CT molecular complexity index is 1110. The Kier molecular flexibility index (Phi) is 8.08. The van der Waals surface area contributed by atoms with Crippen LogP contribution in [0, 0.1) is 0 Å². The fraction of sp³-hybridized carbons (Fsp3) is 0.259. The first-order valence-corrected chi connectivity index (χ1v) is 11.1. The molecule has 0 heterocycles. The molecule has 1 unspecified atom stereocenters. The second-order valence-electron chi connectivity index (χ2n) is 7.81. The van der Waals surface area contributed by atoms with Crippen LogP contribution in [0.5, 0.6) is 11.5 Å². The molecule has 6 heteroatoms. The molecule has 0 fully saturated rings. The van der Waals surface area contributed by atoms with E-state index < -0.39 is 0 Å². The molecule has 3 aromatic rings. The number of nitrogens with one attached hydrogen (secondary N) is 1. The third-order valence-corrected chi connectivity index (χ3v) is 5.29. The van der Waals surface area contributed by atoms with Crippen molar-refractivity contribution in [2.45, 2.75) is 46.3 Å². The number of carbonyl (C=O) groups excluding carboxylic acids is 2. The van der Waals surface area contributed by atoms with Crippen LogP contribution in [0.1, 0.15) is 59.9 Å². The quantitative estimate of drug-likeness (QED) is 0.300. The van der Waals surface area contributed by atoms with Crippen molar-refractivity contribution in [3.63, 3.8) is 0 Å². The highest BCUT2D eigenvalue weighted by Crippen LogP contribution is 2.30. The minimum absolute atomic E-state index is 0.0145. The lowest BCUT2D eigenvalue weighted by atomic mass is 10.1. The first-order valence-electron chi connectivity index (χ1n) is 11.1. The van der Waals surface area contributed by atoms with E-state index in [0.29, 0.717) is 47.0 Å². The van der Waals surface area contributed by atoms with Gasteiger partial charge in [-0.25, -0.2) is 0 Å². The predicted octanol–water partition coefficient (Wildman–Crippen LogP) is 5.87. The first kappa shape index (κ1) is 23.9. The summed E-state index contributed by atoms with van der Waals surface area (Å²) in [5.41, 5.74) is 8.95. The average molecular weight is 447 g/mol. The highest BCUT2D eigenvalue weighted by atomic mass is 16.5. The van der Waals surface area contributed by atoms with Crippen LogP contribution in [0.25, 0.3) is 0 Å². The molecule has 0 radical (unpaired) electrons. The number of rotatable bonds is 10. The molecule has 3 N–H and O–H groups in total. The summed E-state index contributed by atoms with van der Waals surface area (Å²) >= 11 is 0. The van der Waals surface area contributed by atoms with Gasteiger partial charge in [-0.05, 0) is 55.3 Å². The molecule has 1 amide bonds. The SMILES string of the molecule is CCC(=O)c1ccc(NC(=O)c2ccc(N)c(OCc3ccccc3)c2)c(OC(C)CC)c1. The van der Waals surface area contributed by atoms with E-state index in [1.807, 2.05) is 51.1 Å². The summed E-state index contributed by atoms with van der Waals surface area (Å²) < 4.78 is 11.8. The van der Waals surface area contributed by atoms with E-state index in [-0.39, 0.29) is 17.8 Å². The molecule has 1 atom stereocenters. The maximum atomic E-state index is 13.0. The van der Waals surface area contributed by atoms with Gasteiger partial charge >= 0.3 is 0 Å². The molecule has 3 aromatic carbocycles. The number of carbonyl (C=O) groups is 2. The molecular formula is C27H30N2O4. The van der Waals surface area contributed by atoms with Gasteiger partial charge in [0.05, 0.1) is 17.5 Å². The number of nitrogen functional groups attached to an aromatic ring is 1. The standard InChI is InChI=1S/C27H30N2O4/c1-4-18(3)33-26-15-20(24(30)5-2)12-14-23(26)29-27(31)21-11-13-22(28)25(16-21)32-17-19-9-7-6-8-10-19/h6-16,18H,4-5,17,28H2,1-3H3,(H,29,31). The highest BCUT2D eigenvalue weighted by molar-refractivity contribution is 6.06. The van der Waals surface area contributed by atoms with Crippen LogP contribution >= 0.6 is 0 Å². The zero-order chi connectivity index (χ0) is 23.8. The van der Waals surface area contributed by atoms with E-state index >= 15 is 0 Å². The summed E-state index contributed by atoms with van der Waals surface area (Å²) in [5, 5.41) is 2.89. The third-order valence-electron chi connectivity index (χ3n) is 5.29. The van der Waals surface area contributed by atoms with Crippen molar-refractivity contribution in [3.05, 3.63) is 83.4 Å². The number of ether oxygens (including phenoxy) is 2. The van der Waals surface area contributed by atoms with Crippen molar-refractivity contribution < 1.29 is 19.1 Å². The zero-order valence-electron chi connectivity index (χ0n) is 19.3. The number of Topliss-reactive ketones (excluding diaryl/α,β-unsaturated/α-hetero) is 1. The number of hydrogen-bond donors (Lipinski definition) is 2. The summed E-state index contributed by atoms with van der Waals surface area (Å²) in [6.07, 6.45) is 1.12. The van der Waals surface area contributed by atoms with Crippen molar-refractivity contribution in [1.82, 2.24) is 0 Å². The molecule has 172 valence electrons. The first-order chi connectivity index (χ1) is 15.9. The summed E-state index contributed by atoms with van der Waals surface area (Å²) in [7, 11) is 0. The highest BCUT2D eigenvalue weighted by Gasteiger charge is 2.16. The predicted molar refractivity (Wildman–Crippen MR) is 131 cm³/mol. The van der Waals surface area contributed by atoms with Crippen LogP contribution in [0.3, 0.4) is 0 Å². The number of ketones is 1. The molecule has 0 spiro atoms. The van der Waals surface area contributed by atoms with Crippen LogP contribution in [0.4, 0.5) is 11.4 Å². The molecule has 0 saturated carbocycles. The minimum Gasteiger partial charge on any atom is -0.489 e. The van der Waals surface area contributed by atoms with E-state index in [4.69, 9.17) is 15.2 Å². The van der Waals surface area contributed by atoms with Gasteiger partial charge in [-0.1, -0.05) is 44.2 Å². The van der Waals surface area contributed by atoms with E-state index in [1.165, 1.54) is 0 Å². The van der Waals surface area contributed by atoms with Crippen molar-refractivity contribution in [2.24, 2.45) is 0 Å². The number of anilines is 2. The van der Waals surface area contributed by atoms with Crippen molar-refractivity contribution in [1.29, 1.82) is 0 Å². The normalized spacial score (nSPS) is 11.5. The van der Waals surface area contributed by atoms with Gasteiger partial charge in [-0.2, -0.15) is 0 Å². The van der Waals surface area contributed by atoms with Crippen LogP contribution in [-0.2, 0) is 6.61 Å². The van der Waals surface area contributed by atoms with Gasteiger partial charge in [0.15, 0.2) is 5.78 Å². The van der Waals surface area contributed by atoms with Gasteiger partial charge in [0, 0.05) is 17.5 Å². The molecule has 33 heavy (non-hydrogen) atoms. The Balaban J connectivity index is 1.80. The number of hydrogen-bond acceptors (Lipinski definition) is 5. The largest absolute Gasteiger partial charge is 0.489 e. The monoisotopic (exact) mass is 446 g/mol. The van der Waals surface area contributed by atoms with Crippen LogP contribution in [0.15, 0.2) is 66.7 Å². The fourth-order valence-electron chi connectivity index (χ4n) is 3.13. The van der Waals surface area contributed by atoms with Crippen molar-refractivity contribution in [3.8, 4) is 11.5 Å². The van der Waals surface area contributed by atoms with Gasteiger partial charge in [-0.15, -0.1) is 0 Å². The summed E-state index contributed by atoms with van der Waals surface area (Å²) in [6, 6.07) is 19.7. The lowest BCUT2D eigenvalue weighted by Gasteiger charge is -2.18. The summed E-state index contributed by atoms with van der Waals surface area (Å²) in [4.78, 5) is 25.1. The second kappa shape index (κ2) is 11.2. The van der Waals surface area contributed by atoms with Gasteiger partial charge < -0.3 is 20.5 Å². The van der Waals surface area contributed by atoms with E-state index in [2.05, 4.69) is 5.32 Å². The summed E-state index contributed by atoms with van der Waals surface area (Å²) in [6.45, 7) is 6.10. The maximum absolute atomic E-state index is 13.0. The number of amides is 1. The maximum Gasteiger partial charge on any atom is 0.255 e. The molecule has 0 aliphatic rings. The topological polar surface area (TPSA) is 90.7 Å². The molecular weight excluding hydrogens is 416 g/mol. The molecule has 0 saturated heterocycles. The summed E-state index contributed by atoms with van der Waals surface area (Å²) in [5.74, 6) is 0.586. The molecule has 0 bridgehead atoms. The Labute approximate surface area is 194 Å². The van der Waals surface area contributed by atoms with Gasteiger partial charge in [0.25, 0.3) is 5.91 Å². The molecule has 0 aliphatic heterocycles. The number of nitrogens with two attached hydrogens (primary N) is 1. The Morgan fingerprint density at radius 1 is 0.939 bits per heavy atom. The van der Waals surface area contributed by atoms with Crippen molar-refractivity contribution in [2.75, 3.05) is 11.1 Å². The van der Waals surface area contributed by atoms with Gasteiger partial charge in [0.2, 0.25) is 0 Å². The van der Waals surface area contributed by atoms with Crippen molar-refractivity contribution >= 4 is 23.1 Å². The lowest BCUT2D eigenvalue weighted by molar-refractivity contribution is 0.0986. The average Bonchev–Trinajstić information content (AvgIpc) is 2.84. The van der Waals surface area contributed by atoms with Crippen LogP contribution in [0.2, 0.25) is 0 Å². The third kappa shape index (κ3) is 6.35. The Hall–Kier alpha value is -3.80. The fourth-order valence-corrected chi connectivity index (χ4v) is 3.13. The van der Waals surface area contributed by atoms with Crippen LogP contribution < -0.4 is 20.5 Å². The van der Waals surface area contributed by atoms with Gasteiger partial charge in [0.1, 0.15) is 18.1 Å². The smallest absolute Gasteiger partial charge is 0.255 e. The number of benzene rings is 3. The Morgan fingerprint density at radius 3 is 2.33 bits per heavy atom. The molecule has 3 rings (SSSR count). The van der Waals surface area contributed by atoms with E-state index in [9.17, 15) is 9.59 Å². The lowest BCUT2D eigenvalue weighted by Crippen LogP contribution is -2.16. The second-order valence-corrected chi connectivity index (χ2v) is 7.81. The van der Waals surface area contributed by atoms with Crippen LogP contribution in [-0.4, -0.2) is 17.8 Å². The Morgan fingerprint density at radius 2 is 1.64 bits per heavy atom. The zero-order valence-corrected chi connectivity index (χ0v) is 19.3. The molecule has 0 aromatic heterocycles. The minimum atomic E-state index is -0.330. The van der Waals surface area contributed by atoms with E-state index in [1.54, 1.807) is 36.4 Å². The van der Waals surface area contributed by atoms with E-state index in [0.717, 1.165) is 12.0 Å². The molecule has 0 aliphatic carbocycles. The van der Waals surface area contributed by atoms with Gasteiger partial charge in [-0.3, -0.25) is 9.59 Å².